The monoisotopic (exact) mass is 277 g/mol. The lowest BCUT2D eigenvalue weighted by Crippen LogP contribution is -2.48. The number of aliphatic carboxylic acids is 1. The molecule has 106 valence electrons. The lowest BCUT2D eigenvalue weighted by atomic mass is 10.1. The molecule has 1 fully saturated rings. The number of rotatable bonds is 2. The van der Waals surface area contributed by atoms with Crippen LogP contribution in [0.3, 0.4) is 0 Å². The minimum atomic E-state index is -1.04. The molecule has 0 radical (unpaired) electrons. The number of morpholine rings is 1. The first kappa shape index (κ1) is 12.9. The molecule has 0 aliphatic carbocycles. The quantitative estimate of drug-likeness (QED) is 0.854. The summed E-state index contributed by atoms with van der Waals surface area (Å²) in [5.41, 5.74) is 1.60. The molecule has 6 nitrogen and oxygen atoms in total. The highest BCUT2D eigenvalue weighted by Crippen LogP contribution is 2.26. The molecule has 1 saturated heterocycles. The van der Waals surface area contributed by atoms with Crippen LogP contribution in [-0.4, -0.2) is 54.3 Å². The van der Waals surface area contributed by atoms with Crippen molar-refractivity contribution in [1.29, 1.82) is 0 Å². The van der Waals surface area contributed by atoms with Crippen LogP contribution < -0.4 is 4.74 Å². The summed E-state index contributed by atoms with van der Waals surface area (Å²) in [4.78, 5) is 24.9. The molecule has 1 atom stereocenters. The van der Waals surface area contributed by atoms with Gasteiger partial charge in [0.15, 0.2) is 6.10 Å². The van der Waals surface area contributed by atoms with Crippen molar-refractivity contribution in [3.8, 4) is 5.75 Å². The highest BCUT2D eigenvalue weighted by molar-refractivity contribution is 5.95. The second-order valence-corrected chi connectivity index (χ2v) is 4.87. The van der Waals surface area contributed by atoms with E-state index >= 15 is 0 Å². The summed E-state index contributed by atoms with van der Waals surface area (Å²) in [7, 11) is 0. The van der Waals surface area contributed by atoms with Crippen molar-refractivity contribution < 1.29 is 24.2 Å². The van der Waals surface area contributed by atoms with Crippen LogP contribution in [0.4, 0.5) is 0 Å². The van der Waals surface area contributed by atoms with E-state index in [9.17, 15) is 9.59 Å². The molecule has 20 heavy (non-hydrogen) atoms. The molecule has 1 unspecified atom stereocenters. The number of carboxylic acids is 1. The number of carbonyl (C=O) groups is 2. The van der Waals surface area contributed by atoms with Crippen LogP contribution >= 0.6 is 0 Å². The van der Waals surface area contributed by atoms with Gasteiger partial charge in [-0.2, -0.15) is 0 Å². The SMILES string of the molecule is O=C(O)C1CN(C(=O)c2ccc3c(c2)CCO3)CCO1. The summed E-state index contributed by atoms with van der Waals surface area (Å²) in [6.07, 6.45) is -0.136. The maximum Gasteiger partial charge on any atom is 0.334 e. The molecular weight excluding hydrogens is 262 g/mol. The molecule has 1 N–H and O–H groups in total. The Kier molecular flexibility index (Phi) is 3.31. The van der Waals surface area contributed by atoms with Gasteiger partial charge in [-0.3, -0.25) is 4.79 Å². The zero-order valence-corrected chi connectivity index (χ0v) is 10.9. The molecule has 1 aromatic carbocycles. The summed E-state index contributed by atoms with van der Waals surface area (Å²) >= 11 is 0. The highest BCUT2D eigenvalue weighted by atomic mass is 16.5. The van der Waals surface area contributed by atoms with Crippen LogP contribution in [-0.2, 0) is 16.0 Å². The Balaban J connectivity index is 1.76. The van der Waals surface area contributed by atoms with Gasteiger partial charge in [0.1, 0.15) is 5.75 Å². The minimum absolute atomic E-state index is 0.0851. The molecule has 2 aliphatic heterocycles. The van der Waals surface area contributed by atoms with Gasteiger partial charge in [-0.25, -0.2) is 4.79 Å². The van der Waals surface area contributed by atoms with Crippen molar-refractivity contribution in [3.05, 3.63) is 29.3 Å². The number of carbonyl (C=O) groups excluding carboxylic acids is 1. The van der Waals surface area contributed by atoms with Crippen molar-refractivity contribution in [2.45, 2.75) is 12.5 Å². The minimum Gasteiger partial charge on any atom is -0.493 e. The molecule has 0 aromatic heterocycles. The van der Waals surface area contributed by atoms with Crippen LogP contribution in [0.2, 0.25) is 0 Å². The predicted molar refractivity (Wildman–Crippen MR) is 68.9 cm³/mol. The zero-order valence-electron chi connectivity index (χ0n) is 10.9. The Morgan fingerprint density at radius 1 is 1.30 bits per heavy atom. The molecule has 3 rings (SSSR count). The van der Waals surface area contributed by atoms with Gasteiger partial charge >= 0.3 is 5.97 Å². The maximum absolute atomic E-state index is 12.4. The summed E-state index contributed by atoms with van der Waals surface area (Å²) in [5.74, 6) is -0.369. The van der Waals surface area contributed by atoms with Gasteiger partial charge in [0.2, 0.25) is 0 Å². The Morgan fingerprint density at radius 2 is 2.15 bits per heavy atom. The number of hydrogen-bond donors (Lipinski definition) is 1. The number of fused-ring (bicyclic) bond motifs is 1. The van der Waals surface area contributed by atoms with Crippen molar-refractivity contribution in [1.82, 2.24) is 4.90 Å². The summed E-state index contributed by atoms with van der Waals surface area (Å²) in [6.45, 7) is 1.39. The van der Waals surface area contributed by atoms with E-state index in [1.165, 1.54) is 4.90 Å². The summed E-state index contributed by atoms with van der Waals surface area (Å²) < 4.78 is 10.5. The lowest BCUT2D eigenvalue weighted by Gasteiger charge is -2.31. The first-order valence-corrected chi connectivity index (χ1v) is 6.54. The Hall–Kier alpha value is -2.08. The third-order valence-electron chi connectivity index (χ3n) is 3.57. The lowest BCUT2D eigenvalue weighted by molar-refractivity contribution is -0.154. The van der Waals surface area contributed by atoms with Crippen molar-refractivity contribution in [2.24, 2.45) is 0 Å². The first-order valence-electron chi connectivity index (χ1n) is 6.54. The van der Waals surface area contributed by atoms with Crippen LogP contribution in [0.1, 0.15) is 15.9 Å². The second kappa shape index (κ2) is 5.13. The first-order chi connectivity index (χ1) is 9.65. The van der Waals surface area contributed by atoms with Gasteiger partial charge in [-0.05, 0) is 23.8 Å². The van der Waals surface area contributed by atoms with Gasteiger partial charge in [-0.1, -0.05) is 0 Å². The number of nitrogens with zero attached hydrogens (tertiary/aromatic N) is 1. The van der Waals surface area contributed by atoms with Crippen LogP contribution in [0.25, 0.3) is 0 Å². The average Bonchev–Trinajstić information content (AvgIpc) is 2.94. The Labute approximate surface area is 115 Å². The molecule has 6 heteroatoms. The molecule has 1 aromatic rings. The Bertz CT molecular complexity index is 556. The molecule has 2 heterocycles. The van der Waals surface area contributed by atoms with Crippen molar-refractivity contribution in [2.75, 3.05) is 26.3 Å². The second-order valence-electron chi connectivity index (χ2n) is 4.87. The van der Waals surface area contributed by atoms with Gasteiger partial charge < -0.3 is 19.5 Å². The van der Waals surface area contributed by atoms with E-state index in [0.717, 1.165) is 17.7 Å². The van der Waals surface area contributed by atoms with Crippen LogP contribution in [0, 0.1) is 0 Å². The van der Waals surface area contributed by atoms with Crippen molar-refractivity contribution >= 4 is 11.9 Å². The fraction of sp³-hybridized carbons (Fsp3) is 0.429. The van der Waals surface area contributed by atoms with E-state index in [-0.39, 0.29) is 19.1 Å². The molecule has 0 saturated carbocycles. The number of benzene rings is 1. The summed E-state index contributed by atoms with van der Waals surface area (Å²) in [6, 6.07) is 5.35. The summed E-state index contributed by atoms with van der Waals surface area (Å²) in [5, 5.41) is 8.96. The normalized spacial score (nSPS) is 21.2. The fourth-order valence-corrected chi connectivity index (χ4v) is 2.49. The molecule has 0 spiro atoms. The molecule has 0 bridgehead atoms. The maximum atomic E-state index is 12.4. The number of carboxylic acid groups (broad SMARTS) is 1. The van der Waals surface area contributed by atoms with E-state index in [4.69, 9.17) is 14.6 Å². The largest absolute Gasteiger partial charge is 0.493 e. The van der Waals surface area contributed by atoms with Crippen LogP contribution in [0.5, 0.6) is 5.75 Å². The smallest absolute Gasteiger partial charge is 0.334 e. The molecule has 1 amide bonds. The number of ether oxygens (including phenoxy) is 2. The standard InChI is InChI=1S/C14H15NO5/c16-13(15-4-6-20-12(8-15)14(17)18)10-1-2-11-9(7-10)3-5-19-11/h1-2,7,12H,3-6,8H2,(H,17,18). The number of hydrogen-bond acceptors (Lipinski definition) is 4. The highest BCUT2D eigenvalue weighted by Gasteiger charge is 2.29. The fourth-order valence-electron chi connectivity index (χ4n) is 2.49. The van der Waals surface area contributed by atoms with Crippen molar-refractivity contribution in [3.63, 3.8) is 0 Å². The molecule has 2 aliphatic rings. The van der Waals surface area contributed by atoms with E-state index in [1.807, 2.05) is 6.07 Å². The predicted octanol–water partition coefficient (Wildman–Crippen LogP) is 0.547. The van der Waals surface area contributed by atoms with E-state index in [1.54, 1.807) is 12.1 Å². The third kappa shape index (κ3) is 2.34. The van der Waals surface area contributed by atoms with E-state index < -0.39 is 12.1 Å². The Morgan fingerprint density at radius 3 is 2.95 bits per heavy atom. The number of amides is 1. The van der Waals surface area contributed by atoms with E-state index in [2.05, 4.69) is 0 Å². The van der Waals surface area contributed by atoms with Gasteiger partial charge in [0, 0.05) is 18.5 Å². The van der Waals surface area contributed by atoms with Gasteiger partial charge in [0.25, 0.3) is 5.91 Å². The zero-order chi connectivity index (χ0) is 14.1. The van der Waals surface area contributed by atoms with E-state index in [0.29, 0.717) is 18.7 Å². The topological polar surface area (TPSA) is 76.1 Å². The average molecular weight is 277 g/mol. The van der Waals surface area contributed by atoms with Gasteiger partial charge in [-0.15, -0.1) is 0 Å². The van der Waals surface area contributed by atoms with Gasteiger partial charge in [0.05, 0.1) is 19.8 Å². The third-order valence-corrected chi connectivity index (χ3v) is 3.57. The van der Waals surface area contributed by atoms with Crippen LogP contribution in [0.15, 0.2) is 18.2 Å². The molecular formula is C14H15NO5.